The van der Waals surface area contributed by atoms with Gasteiger partial charge < -0.3 is 13.9 Å². The molecular formula is C18H18N2O6S. The van der Waals surface area contributed by atoms with E-state index in [1.807, 2.05) is 12.1 Å². The van der Waals surface area contributed by atoms with E-state index in [0.717, 1.165) is 0 Å². The molecule has 0 amide bonds. The second-order valence-corrected chi connectivity index (χ2v) is 8.38. The van der Waals surface area contributed by atoms with Crippen molar-refractivity contribution >= 4 is 21.1 Å². The molecule has 27 heavy (non-hydrogen) atoms. The van der Waals surface area contributed by atoms with Crippen LogP contribution in [0.4, 0.5) is 0 Å². The third-order valence-corrected chi connectivity index (χ3v) is 6.32. The smallest absolute Gasteiger partial charge is 0.419 e. The van der Waals surface area contributed by atoms with Gasteiger partial charge in [0.1, 0.15) is 12.7 Å². The molecule has 142 valence electrons. The molecule has 0 spiro atoms. The fourth-order valence-corrected chi connectivity index (χ4v) is 4.21. The lowest BCUT2D eigenvalue weighted by molar-refractivity contribution is 0.0798. The van der Waals surface area contributed by atoms with Gasteiger partial charge in [-0.25, -0.2) is 13.2 Å². The van der Waals surface area contributed by atoms with Crippen LogP contribution >= 0.6 is 0 Å². The predicted molar refractivity (Wildman–Crippen MR) is 97.6 cm³/mol. The van der Waals surface area contributed by atoms with Gasteiger partial charge in [0.25, 0.3) is 0 Å². The summed E-state index contributed by atoms with van der Waals surface area (Å²) in [5, 5.41) is 0. The summed E-state index contributed by atoms with van der Waals surface area (Å²) in [4.78, 5) is 11.6. The maximum atomic E-state index is 12.9. The zero-order valence-corrected chi connectivity index (χ0v) is 15.6. The Morgan fingerprint density at radius 3 is 2.70 bits per heavy atom. The SMILES string of the molecule is CN(CC1COc2ccccc2O1)S(=O)(=O)c1ccc2c(c1)oc(=O)n2C. The predicted octanol–water partition coefficient (Wildman–Crippen LogP) is 1.59. The molecule has 3 aromatic rings. The lowest BCUT2D eigenvalue weighted by atomic mass is 10.2. The monoisotopic (exact) mass is 390 g/mol. The molecule has 1 aliphatic heterocycles. The van der Waals surface area contributed by atoms with E-state index in [1.54, 1.807) is 25.2 Å². The molecule has 1 atom stereocenters. The average Bonchev–Trinajstić information content (AvgIpc) is 2.95. The molecule has 1 aromatic heterocycles. The Morgan fingerprint density at radius 2 is 1.93 bits per heavy atom. The summed E-state index contributed by atoms with van der Waals surface area (Å²) in [5.41, 5.74) is 0.755. The van der Waals surface area contributed by atoms with Crippen LogP contribution < -0.4 is 15.2 Å². The number of oxazole rings is 1. The number of likely N-dealkylation sites (N-methyl/N-ethyl adjacent to an activating group) is 1. The number of benzene rings is 2. The van der Waals surface area contributed by atoms with Gasteiger partial charge in [0.15, 0.2) is 17.1 Å². The van der Waals surface area contributed by atoms with Gasteiger partial charge in [-0.15, -0.1) is 0 Å². The highest BCUT2D eigenvalue weighted by molar-refractivity contribution is 7.89. The number of nitrogens with zero attached hydrogens (tertiary/aromatic N) is 2. The Morgan fingerprint density at radius 1 is 1.19 bits per heavy atom. The maximum Gasteiger partial charge on any atom is 0.419 e. The Kier molecular flexibility index (Phi) is 4.20. The molecule has 0 saturated heterocycles. The number of sulfonamides is 1. The quantitative estimate of drug-likeness (QED) is 0.672. The first-order valence-corrected chi connectivity index (χ1v) is 9.74. The van der Waals surface area contributed by atoms with E-state index in [9.17, 15) is 13.2 Å². The van der Waals surface area contributed by atoms with Crippen molar-refractivity contribution in [1.82, 2.24) is 8.87 Å². The number of fused-ring (bicyclic) bond motifs is 2. The number of aryl methyl sites for hydroxylation is 1. The van der Waals surface area contributed by atoms with E-state index < -0.39 is 21.9 Å². The van der Waals surface area contributed by atoms with Crippen molar-refractivity contribution in [1.29, 1.82) is 0 Å². The lowest BCUT2D eigenvalue weighted by Crippen LogP contribution is -2.41. The van der Waals surface area contributed by atoms with E-state index in [-0.39, 0.29) is 23.6 Å². The number of ether oxygens (including phenoxy) is 2. The van der Waals surface area contributed by atoms with Crippen molar-refractivity contribution < 1.29 is 22.3 Å². The molecule has 4 rings (SSSR count). The summed E-state index contributed by atoms with van der Waals surface area (Å²) in [7, 11) is -0.745. The minimum absolute atomic E-state index is 0.0453. The fourth-order valence-electron chi connectivity index (χ4n) is 2.99. The molecule has 1 aliphatic rings. The zero-order valence-electron chi connectivity index (χ0n) is 14.8. The molecule has 0 N–H and O–H groups in total. The number of hydrogen-bond acceptors (Lipinski definition) is 6. The molecule has 0 radical (unpaired) electrons. The van der Waals surface area contributed by atoms with Crippen LogP contribution in [0.2, 0.25) is 0 Å². The lowest BCUT2D eigenvalue weighted by Gasteiger charge is -2.29. The molecule has 1 unspecified atom stereocenters. The van der Waals surface area contributed by atoms with Gasteiger partial charge in [0, 0.05) is 20.2 Å². The van der Waals surface area contributed by atoms with E-state index in [1.165, 1.54) is 28.1 Å². The topological polar surface area (TPSA) is 91.0 Å². The van der Waals surface area contributed by atoms with Gasteiger partial charge in [0.2, 0.25) is 10.0 Å². The zero-order chi connectivity index (χ0) is 19.2. The Labute approximate surface area is 155 Å². The third kappa shape index (κ3) is 3.08. The summed E-state index contributed by atoms with van der Waals surface area (Å²) in [6.07, 6.45) is -0.432. The molecule has 8 nitrogen and oxygen atoms in total. The Bertz CT molecular complexity index is 1160. The molecule has 0 aliphatic carbocycles. The summed E-state index contributed by atoms with van der Waals surface area (Å²) in [6.45, 7) is 0.372. The molecule has 2 heterocycles. The highest BCUT2D eigenvalue weighted by Gasteiger charge is 2.28. The van der Waals surface area contributed by atoms with Crippen molar-refractivity contribution in [2.75, 3.05) is 20.2 Å². The van der Waals surface area contributed by atoms with Crippen LogP contribution in [0.15, 0.2) is 56.6 Å². The number of rotatable bonds is 4. The van der Waals surface area contributed by atoms with E-state index >= 15 is 0 Å². The fraction of sp³-hybridized carbons (Fsp3) is 0.278. The minimum atomic E-state index is -3.78. The largest absolute Gasteiger partial charge is 0.486 e. The minimum Gasteiger partial charge on any atom is -0.486 e. The summed E-state index contributed by atoms with van der Waals surface area (Å²) >= 11 is 0. The number of hydrogen-bond donors (Lipinski definition) is 0. The standard InChI is InChI=1S/C18H18N2O6S/c1-19(10-12-11-24-15-5-3-4-6-16(15)25-12)27(22,23)13-7-8-14-17(9-13)26-18(21)20(14)2/h3-9,12H,10-11H2,1-2H3. The van der Waals surface area contributed by atoms with Crippen molar-refractivity contribution in [2.24, 2.45) is 7.05 Å². The molecule has 0 bridgehead atoms. The van der Waals surface area contributed by atoms with E-state index in [2.05, 4.69) is 0 Å². The maximum absolute atomic E-state index is 12.9. The molecular weight excluding hydrogens is 372 g/mol. The second-order valence-electron chi connectivity index (χ2n) is 6.34. The Hall–Kier alpha value is -2.78. The second kappa shape index (κ2) is 6.43. The van der Waals surface area contributed by atoms with Crippen LogP contribution in [0, 0.1) is 0 Å². The van der Waals surface area contributed by atoms with Crippen LogP contribution in [0.5, 0.6) is 11.5 Å². The molecule has 9 heteroatoms. The van der Waals surface area contributed by atoms with Gasteiger partial charge in [-0.1, -0.05) is 12.1 Å². The highest BCUT2D eigenvalue weighted by atomic mass is 32.2. The van der Waals surface area contributed by atoms with Gasteiger partial charge in [0.05, 0.1) is 17.0 Å². The number of aromatic nitrogens is 1. The Balaban J connectivity index is 1.56. The van der Waals surface area contributed by atoms with Gasteiger partial charge >= 0.3 is 5.76 Å². The van der Waals surface area contributed by atoms with Crippen LogP contribution in [0.25, 0.3) is 11.1 Å². The van der Waals surface area contributed by atoms with Crippen LogP contribution in [-0.2, 0) is 17.1 Å². The van der Waals surface area contributed by atoms with Crippen molar-refractivity contribution in [3.8, 4) is 11.5 Å². The first kappa shape index (κ1) is 17.6. The molecule has 2 aromatic carbocycles. The van der Waals surface area contributed by atoms with Crippen LogP contribution in [0.3, 0.4) is 0 Å². The normalized spacial score (nSPS) is 16.8. The van der Waals surface area contributed by atoms with Crippen LogP contribution in [0.1, 0.15) is 0 Å². The van der Waals surface area contributed by atoms with Crippen molar-refractivity contribution in [3.63, 3.8) is 0 Å². The van der Waals surface area contributed by atoms with E-state index in [0.29, 0.717) is 17.0 Å². The first-order valence-electron chi connectivity index (χ1n) is 8.30. The summed E-state index contributed by atoms with van der Waals surface area (Å²) in [6, 6.07) is 11.6. The van der Waals surface area contributed by atoms with Crippen molar-refractivity contribution in [3.05, 3.63) is 53.0 Å². The van der Waals surface area contributed by atoms with Gasteiger partial charge in [-0.3, -0.25) is 4.57 Å². The van der Waals surface area contributed by atoms with Gasteiger partial charge in [-0.05, 0) is 24.3 Å². The third-order valence-electron chi connectivity index (χ3n) is 4.50. The van der Waals surface area contributed by atoms with Crippen molar-refractivity contribution in [2.45, 2.75) is 11.0 Å². The van der Waals surface area contributed by atoms with Crippen LogP contribution in [-0.4, -0.2) is 43.6 Å². The summed E-state index contributed by atoms with van der Waals surface area (Å²) < 4.78 is 44.8. The van der Waals surface area contributed by atoms with Gasteiger partial charge in [-0.2, -0.15) is 4.31 Å². The summed E-state index contributed by atoms with van der Waals surface area (Å²) in [5.74, 6) is 0.690. The number of para-hydroxylation sites is 2. The molecule has 0 fully saturated rings. The average molecular weight is 390 g/mol. The highest BCUT2D eigenvalue weighted by Crippen LogP contribution is 2.31. The first-order chi connectivity index (χ1) is 12.9. The van der Waals surface area contributed by atoms with E-state index in [4.69, 9.17) is 13.9 Å². The molecule has 0 saturated carbocycles.